The number of imide groups is 1. The molecule has 6 aromatic rings. The molecule has 5 aliphatic rings. The molecule has 2 saturated carbocycles. The van der Waals surface area contributed by atoms with Crippen molar-refractivity contribution >= 4 is 99.2 Å². The van der Waals surface area contributed by atoms with Crippen molar-refractivity contribution in [2.75, 3.05) is 74.1 Å². The standard InChI is InChI=1S/C80H104N13O15PS/c1-51(2)70(87-67(95)20-8-7-11-34-92-68(96)27-28-69(92)97)64(94)41-56(16-13-32-82-75(81)102)72(98)84-57-23-21-54(22-24-57)46-107-77(103)90-36-30-58(31-37-90)89(33-14-40-109(104,105)106)38-39-108-80-43-52(3)42-78(5,48-80)47-79(6,49-80)50-93-53(4)61(44-83-93)59-25-26-66(86-71(59)74(100)101)91-35-29-55-15-12-17-60(62(55)45-91)73(99)88-76-85-63-18-9-10-19-65(63)110-76/h9-10,12,15,17-19,21-28,44,51-52,56,58,70H,7-8,11,13-14,16,20,29-43,45-50H2,1-6H3,(H,84,98)(H,87,95)(H,100,101)(H3,81,82,102)(H,85,88,99)(H2,104,105,106)/t52?,56-,70+,78?,79?,80?/m1/s1. The molecule has 590 valence electrons. The predicted octanol–water partition coefficient (Wildman–Crippen LogP) is 11.0. The number of rotatable bonds is 35. The van der Waals surface area contributed by atoms with Crippen molar-refractivity contribution < 1.29 is 72.1 Å². The van der Waals surface area contributed by atoms with Crippen molar-refractivity contribution in [2.45, 2.75) is 182 Å². The summed E-state index contributed by atoms with van der Waals surface area (Å²) in [6, 6.07) is 22.3. The molecule has 0 spiro atoms. The lowest BCUT2D eigenvalue weighted by Gasteiger charge is -2.59. The van der Waals surface area contributed by atoms with Crippen LogP contribution in [0.3, 0.4) is 0 Å². The molecule has 11 rings (SSSR count). The number of thiazole rings is 1. The molecule has 2 aliphatic carbocycles. The third-order valence-electron chi connectivity index (χ3n) is 22.1. The number of para-hydroxylation sites is 1. The van der Waals surface area contributed by atoms with Crippen molar-refractivity contribution in [2.24, 2.45) is 34.3 Å². The van der Waals surface area contributed by atoms with Crippen LogP contribution in [0, 0.1) is 35.5 Å². The summed E-state index contributed by atoms with van der Waals surface area (Å²) >= 11 is 1.41. The van der Waals surface area contributed by atoms with Crippen LogP contribution < -0.4 is 31.9 Å². The molecule has 6 atom stereocenters. The number of carbonyl (C=O) groups excluding carboxylic acids is 8. The minimum Gasteiger partial charge on any atom is -0.476 e. The van der Waals surface area contributed by atoms with E-state index in [1.54, 1.807) is 55.3 Å². The Balaban J connectivity index is 0.669. The molecule has 2 bridgehead atoms. The number of unbranched alkanes of at least 4 members (excludes halogenated alkanes) is 2. The number of ketones is 1. The van der Waals surface area contributed by atoms with E-state index in [1.807, 2.05) is 65.0 Å². The molecule has 110 heavy (non-hydrogen) atoms. The molecule has 9 N–H and O–H groups in total. The number of amides is 8. The first kappa shape index (κ1) is 81.7. The monoisotopic (exact) mass is 1550 g/mol. The molecule has 0 radical (unpaired) electrons. The predicted molar refractivity (Wildman–Crippen MR) is 417 cm³/mol. The molecule has 28 nitrogen and oxygen atoms in total. The third-order valence-corrected chi connectivity index (χ3v) is 24.0. The molecule has 3 aromatic carbocycles. The number of aromatic carboxylic acids is 1. The average Bonchev–Trinajstić information content (AvgIpc) is 0.919. The van der Waals surface area contributed by atoms with E-state index in [2.05, 4.69) is 51.9 Å². The summed E-state index contributed by atoms with van der Waals surface area (Å²) < 4.78 is 28.2. The van der Waals surface area contributed by atoms with Gasteiger partial charge in [0.15, 0.2) is 16.6 Å². The normalized spacial score (nSPS) is 20.6. The number of hydrogen-bond acceptors (Lipinski definition) is 18. The van der Waals surface area contributed by atoms with Crippen LogP contribution in [0.15, 0.2) is 97.2 Å². The van der Waals surface area contributed by atoms with E-state index in [4.69, 9.17) is 25.3 Å². The summed E-state index contributed by atoms with van der Waals surface area (Å²) in [5.74, 6) is -3.51. The Morgan fingerprint density at radius 3 is 2.31 bits per heavy atom. The molecule has 3 aromatic heterocycles. The summed E-state index contributed by atoms with van der Waals surface area (Å²) in [5.41, 5.74) is 10.6. The minimum absolute atomic E-state index is 0.00807. The number of fused-ring (bicyclic) bond motifs is 4. The number of Topliss-reactive ketones (excluding diaryl/α,β-unsaturated/α-hetero) is 1. The van der Waals surface area contributed by atoms with E-state index < -0.39 is 49.2 Å². The zero-order chi connectivity index (χ0) is 78.7. The van der Waals surface area contributed by atoms with Crippen LogP contribution in [0.4, 0.5) is 26.2 Å². The van der Waals surface area contributed by atoms with Crippen molar-refractivity contribution in [3.63, 3.8) is 0 Å². The van der Waals surface area contributed by atoms with Gasteiger partial charge in [-0.05, 0) is 179 Å². The quantitative estimate of drug-likeness (QED) is 0.0104. The highest BCUT2D eigenvalue weighted by atomic mass is 32.1. The highest BCUT2D eigenvalue weighted by Crippen LogP contribution is 2.60. The number of anilines is 3. The number of hydrogen-bond donors (Lipinski definition) is 8. The summed E-state index contributed by atoms with van der Waals surface area (Å²) in [5, 5.41) is 27.5. The number of nitrogens with zero attached hydrogens (tertiary/aromatic N) is 8. The molecular weight excluding hydrogens is 1450 g/mol. The van der Waals surface area contributed by atoms with Gasteiger partial charge in [0.25, 0.3) is 17.7 Å². The van der Waals surface area contributed by atoms with Gasteiger partial charge in [0.05, 0.1) is 40.8 Å². The summed E-state index contributed by atoms with van der Waals surface area (Å²) in [6.07, 6.45) is 12.0. The Bertz CT molecular complexity index is 4410. The SMILES string of the molecule is Cc1c(-c2ccc(N3CCc4cccc(C(=O)Nc5nc6ccccc6s5)c4C3)nc2C(=O)O)cnn1CC1(C)CC2(C)CC(C)CC(OCCN(CCCP(=O)(O)O)C3CCN(C(=O)OCc4ccc(NC(=O)[C@H](CCCNC(N)=O)CC(=O)[C@@H](NC(=O)CCCCCN5C(=O)C=CC5=O)C(C)C)cc4)CC3)(C2)C1. The van der Waals surface area contributed by atoms with Crippen LogP contribution in [0.1, 0.15) is 174 Å². The topological polar surface area (TPSA) is 381 Å². The minimum atomic E-state index is -4.28. The summed E-state index contributed by atoms with van der Waals surface area (Å²) in [6.45, 7) is 16.5. The van der Waals surface area contributed by atoms with E-state index >= 15 is 0 Å². The van der Waals surface area contributed by atoms with Gasteiger partial charge in [-0.25, -0.2) is 24.4 Å². The second kappa shape index (κ2) is 35.8. The fourth-order valence-electron chi connectivity index (χ4n) is 17.6. The van der Waals surface area contributed by atoms with Gasteiger partial charge in [-0.15, -0.1) is 0 Å². The van der Waals surface area contributed by atoms with Gasteiger partial charge >= 0.3 is 25.7 Å². The highest BCUT2D eigenvalue weighted by molar-refractivity contribution is 7.51. The maximum atomic E-state index is 13.9. The second-order valence-corrected chi connectivity index (χ2v) is 34.5. The number of aromatic nitrogens is 4. The van der Waals surface area contributed by atoms with Crippen LogP contribution in [0.5, 0.6) is 0 Å². The maximum absolute atomic E-state index is 13.9. The van der Waals surface area contributed by atoms with Crippen LogP contribution in [0.2, 0.25) is 0 Å². The largest absolute Gasteiger partial charge is 0.476 e. The van der Waals surface area contributed by atoms with Gasteiger partial charge in [0.2, 0.25) is 11.8 Å². The van der Waals surface area contributed by atoms with Crippen LogP contribution >= 0.6 is 18.9 Å². The van der Waals surface area contributed by atoms with E-state index in [0.717, 1.165) is 64.0 Å². The van der Waals surface area contributed by atoms with Crippen molar-refractivity contribution in [3.05, 3.63) is 131 Å². The van der Waals surface area contributed by atoms with Crippen molar-refractivity contribution in [3.8, 4) is 11.1 Å². The summed E-state index contributed by atoms with van der Waals surface area (Å²) in [7, 11) is -4.28. The number of nitrogens with one attached hydrogen (secondary N) is 4. The zero-order valence-corrected chi connectivity index (χ0v) is 65.4. The van der Waals surface area contributed by atoms with E-state index in [0.29, 0.717) is 142 Å². The van der Waals surface area contributed by atoms with Gasteiger partial charge in [-0.2, -0.15) is 5.10 Å². The zero-order valence-electron chi connectivity index (χ0n) is 63.7. The van der Waals surface area contributed by atoms with Gasteiger partial charge in [0, 0.05) is 117 Å². The molecule has 1 saturated heterocycles. The number of benzene rings is 3. The molecule has 4 unspecified atom stereocenters. The van der Waals surface area contributed by atoms with Crippen LogP contribution in [-0.4, -0.2) is 179 Å². The number of pyridine rings is 1. The summed E-state index contributed by atoms with van der Waals surface area (Å²) in [4.78, 5) is 153. The molecule has 6 heterocycles. The third kappa shape index (κ3) is 21.2. The Hall–Kier alpha value is -9.25. The molecule has 3 aliphatic heterocycles. The number of carbonyl (C=O) groups is 9. The van der Waals surface area contributed by atoms with Gasteiger partial charge < -0.3 is 55.9 Å². The van der Waals surface area contributed by atoms with Gasteiger partial charge in [0.1, 0.15) is 12.4 Å². The van der Waals surface area contributed by atoms with Gasteiger partial charge in [-0.3, -0.25) is 53.1 Å². The van der Waals surface area contributed by atoms with Crippen molar-refractivity contribution in [1.82, 2.24) is 45.1 Å². The number of primary amides is 1. The van der Waals surface area contributed by atoms with Gasteiger partial charge in [-0.1, -0.05) is 88.8 Å². The number of carboxylic acids is 1. The average molecular weight is 1550 g/mol. The number of nitrogens with two attached hydrogens (primary N) is 1. The van der Waals surface area contributed by atoms with Crippen molar-refractivity contribution in [1.29, 1.82) is 0 Å². The lowest BCUT2D eigenvalue weighted by molar-refractivity contribution is -0.180. The van der Waals surface area contributed by atoms with E-state index in [1.165, 1.54) is 23.5 Å². The number of ether oxygens (including phenoxy) is 2. The first-order valence-corrected chi connectivity index (χ1v) is 41.0. The number of likely N-dealkylation sites (tertiary alicyclic amines) is 1. The van der Waals surface area contributed by atoms with E-state index in [-0.39, 0.29) is 109 Å². The van der Waals surface area contributed by atoms with Crippen LogP contribution in [0.25, 0.3) is 21.3 Å². The lowest BCUT2D eigenvalue weighted by Crippen LogP contribution is -2.56. The first-order chi connectivity index (χ1) is 52.4. The number of urea groups is 1. The molecule has 30 heteroatoms. The first-order valence-electron chi connectivity index (χ1n) is 38.3. The Kier molecular flexibility index (Phi) is 26.6. The Morgan fingerprint density at radius 2 is 1.59 bits per heavy atom. The smallest absolute Gasteiger partial charge is 0.410 e. The molecule has 8 amide bonds. The number of piperidine rings is 1. The highest BCUT2D eigenvalue weighted by Gasteiger charge is 2.56. The second-order valence-electron chi connectivity index (χ2n) is 31.7. The van der Waals surface area contributed by atoms with Crippen LogP contribution in [-0.2, 0) is 64.1 Å². The molecular formula is C80H104N13O15PS. The molecule has 3 fully saturated rings. The fourth-order valence-corrected chi connectivity index (χ4v) is 19.0. The maximum Gasteiger partial charge on any atom is 0.410 e. The Morgan fingerprint density at radius 1 is 0.836 bits per heavy atom. The van der Waals surface area contributed by atoms with E-state index in [9.17, 15) is 62.6 Å². The Labute approximate surface area is 645 Å². The number of carboxylic acid groups (broad SMARTS) is 1. The lowest BCUT2D eigenvalue weighted by atomic mass is 9.51. The fraction of sp³-hybridized carbons (Fsp3) is 0.525.